The highest BCUT2D eigenvalue weighted by atomic mass is 19.4. The van der Waals surface area contributed by atoms with Crippen LogP contribution in [0, 0.1) is 0 Å². The first kappa shape index (κ1) is 18.6. The van der Waals surface area contributed by atoms with Gasteiger partial charge < -0.3 is 20.1 Å². The second kappa shape index (κ2) is 6.26. The zero-order valence-electron chi connectivity index (χ0n) is 13.6. The number of H-pyrrole nitrogens is 1. The summed E-state index contributed by atoms with van der Waals surface area (Å²) in [7, 11) is 0. The molecule has 2 aromatic rings. The number of aromatic amines is 1. The second-order valence-electron chi connectivity index (χ2n) is 6.28. The van der Waals surface area contributed by atoms with E-state index in [0.29, 0.717) is 0 Å². The number of carbonyl (C=O) groups is 2. The number of alkyl halides is 3. The number of amides is 1. The maximum Gasteiger partial charge on any atom is 0.449 e. The summed E-state index contributed by atoms with van der Waals surface area (Å²) >= 11 is 0. The average molecular weight is 359 g/mol. The van der Waals surface area contributed by atoms with Crippen LogP contribution in [0.25, 0.3) is 11.0 Å². The molecular weight excluding hydrogens is 343 g/mol. The molecule has 0 saturated heterocycles. The third-order valence-corrected chi connectivity index (χ3v) is 3.02. The molecule has 1 aromatic heterocycles. The van der Waals surface area contributed by atoms with Gasteiger partial charge in [-0.15, -0.1) is 0 Å². The van der Waals surface area contributed by atoms with Crippen molar-refractivity contribution in [1.82, 2.24) is 15.3 Å². The van der Waals surface area contributed by atoms with Gasteiger partial charge in [0.2, 0.25) is 5.82 Å². The van der Waals surface area contributed by atoms with Crippen molar-refractivity contribution in [2.45, 2.75) is 38.6 Å². The third-order valence-electron chi connectivity index (χ3n) is 3.02. The number of fused-ring (bicyclic) bond motifs is 1. The van der Waals surface area contributed by atoms with E-state index in [1.54, 1.807) is 20.8 Å². The Labute approximate surface area is 140 Å². The summed E-state index contributed by atoms with van der Waals surface area (Å²) in [6, 6.07) is 2.22. The van der Waals surface area contributed by atoms with Gasteiger partial charge in [-0.2, -0.15) is 13.2 Å². The van der Waals surface area contributed by atoms with E-state index in [2.05, 4.69) is 15.3 Å². The number of alkyl carbamates (subject to hydrolysis) is 1. The lowest BCUT2D eigenvalue weighted by Crippen LogP contribution is -2.38. The first-order valence-corrected chi connectivity index (χ1v) is 7.16. The Morgan fingerprint density at radius 2 is 1.92 bits per heavy atom. The van der Waals surface area contributed by atoms with Gasteiger partial charge in [-0.3, -0.25) is 0 Å². The number of carboxylic acids is 1. The zero-order chi connectivity index (χ0) is 19.0. The number of nitrogens with one attached hydrogen (secondary N) is 2. The molecule has 25 heavy (non-hydrogen) atoms. The van der Waals surface area contributed by atoms with Crippen molar-refractivity contribution in [2.24, 2.45) is 0 Å². The van der Waals surface area contributed by atoms with Gasteiger partial charge >= 0.3 is 18.2 Å². The first-order valence-electron chi connectivity index (χ1n) is 7.16. The number of nitrogens with zero attached hydrogens (tertiary/aromatic N) is 1. The predicted molar refractivity (Wildman–Crippen MR) is 80.8 cm³/mol. The molecule has 3 N–H and O–H groups in total. The summed E-state index contributed by atoms with van der Waals surface area (Å²) < 4.78 is 43.0. The van der Waals surface area contributed by atoms with Gasteiger partial charge in [-0.1, -0.05) is 6.07 Å². The average Bonchev–Trinajstić information content (AvgIpc) is 2.85. The van der Waals surface area contributed by atoms with Crippen LogP contribution in [0.15, 0.2) is 18.2 Å². The van der Waals surface area contributed by atoms with Crippen LogP contribution in [0.2, 0.25) is 0 Å². The lowest BCUT2D eigenvalue weighted by Gasteiger charge is -2.22. The van der Waals surface area contributed by atoms with Crippen LogP contribution in [0.3, 0.4) is 0 Å². The number of benzene rings is 1. The highest BCUT2D eigenvalue weighted by Crippen LogP contribution is 2.29. The van der Waals surface area contributed by atoms with Crippen molar-refractivity contribution in [3.8, 4) is 0 Å². The molecule has 1 heterocycles. The fraction of sp³-hybridized carbons (Fsp3) is 0.400. The standard InChI is InChI=1S/C15H16F3N3O4/c1-14(2,3)25-13(24)21-10(11(22)23)7-4-5-8-9(6-7)20-12(19-8)15(16,17)18/h4-6,10H,1-3H3,(H,19,20)(H,21,24)(H,22,23). The van der Waals surface area contributed by atoms with E-state index in [0.717, 1.165) is 0 Å². The van der Waals surface area contributed by atoms with Gasteiger partial charge in [0, 0.05) is 0 Å². The summed E-state index contributed by atoms with van der Waals surface area (Å²) in [5.41, 5.74) is -0.731. The van der Waals surface area contributed by atoms with Crippen molar-refractivity contribution >= 4 is 23.1 Å². The number of imidazole rings is 1. The molecule has 2 rings (SSSR count). The molecule has 1 atom stereocenters. The molecule has 7 nitrogen and oxygen atoms in total. The van der Waals surface area contributed by atoms with Gasteiger partial charge in [-0.05, 0) is 38.5 Å². The Hall–Kier alpha value is -2.78. The molecule has 0 aliphatic carbocycles. The molecule has 1 unspecified atom stereocenters. The third kappa shape index (κ3) is 4.61. The summed E-state index contributed by atoms with van der Waals surface area (Å²) in [6.45, 7) is 4.83. The quantitative estimate of drug-likeness (QED) is 0.780. The summed E-state index contributed by atoms with van der Waals surface area (Å²) in [6.07, 6.45) is -5.61. The normalized spacial score (nSPS) is 13.5. The number of ether oxygens (including phenoxy) is 1. The molecule has 0 aliphatic rings. The molecule has 10 heteroatoms. The van der Waals surface area contributed by atoms with E-state index < -0.39 is 35.7 Å². The summed E-state index contributed by atoms with van der Waals surface area (Å²) in [5.74, 6) is -2.58. The summed E-state index contributed by atoms with van der Waals surface area (Å²) in [5, 5.41) is 11.5. The van der Waals surface area contributed by atoms with Crippen molar-refractivity contribution in [1.29, 1.82) is 0 Å². The molecule has 0 aliphatic heterocycles. The van der Waals surface area contributed by atoms with Crippen LogP contribution < -0.4 is 5.32 Å². The van der Waals surface area contributed by atoms with E-state index >= 15 is 0 Å². The smallest absolute Gasteiger partial charge is 0.449 e. The minimum atomic E-state index is -4.65. The fourth-order valence-corrected chi connectivity index (χ4v) is 2.05. The number of hydrogen-bond donors (Lipinski definition) is 3. The van der Waals surface area contributed by atoms with Crippen molar-refractivity contribution < 1.29 is 32.6 Å². The Bertz CT molecular complexity index is 808. The van der Waals surface area contributed by atoms with Gasteiger partial charge in [0.1, 0.15) is 5.60 Å². The van der Waals surface area contributed by atoms with E-state index in [1.165, 1.54) is 18.2 Å². The molecule has 1 amide bonds. The molecule has 0 saturated carbocycles. The molecule has 0 spiro atoms. The Morgan fingerprint density at radius 3 is 2.44 bits per heavy atom. The molecule has 0 radical (unpaired) electrons. The van der Waals surface area contributed by atoms with Crippen LogP contribution in [0.4, 0.5) is 18.0 Å². The van der Waals surface area contributed by atoms with Crippen molar-refractivity contribution in [3.05, 3.63) is 29.6 Å². The highest BCUT2D eigenvalue weighted by Gasteiger charge is 2.35. The minimum Gasteiger partial charge on any atom is -0.479 e. The Kier molecular flexibility index (Phi) is 4.65. The van der Waals surface area contributed by atoms with E-state index in [4.69, 9.17) is 4.74 Å². The maximum absolute atomic E-state index is 12.7. The summed E-state index contributed by atoms with van der Waals surface area (Å²) in [4.78, 5) is 28.7. The highest BCUT2D eigenvalue weighted by molar-refractivity contribution is 5.84. The molecular formula is C15H16F3N3O4. The van der Waals surface area contributed by atoms with Crippen LogP contribution >= 0.6 is 0 Å². The van der Waals surface area contributed by atoms with Crippen LogP contribution in [-0.4, -0.2) is 32.7 Å². The van der Waals surface area contributed by atoms with Gasteiger partial charge in [0.15, 0.2) is 6.04 Å². The first-order chi connectivity index (χ1) is 11.4. The van der Waals surface area contributed by atoms with Crippen LogP contribution in [0.5, 0.6) is 0 Å². The van der Waals surface area contributed by atoms with Gasteiger partial charge in [0.05, 0.1) is 11.0 Å². The number of carboxylic acid groups (broad SMARTS) is 1. The van der Waals surface area contributed by atoms with E-state index in [-0.39, 0.29) is 16.6 Å². The lowest BCUT2D eigenvalue weighted by atomic mass is 10.1. The van der Waals surface area contributed by atoms with Gasteiger partial charge in [0.25, 0.3) is 0 Å². The monoisotopic (exact) mass is 359 g/mol. The molecule has 1 aromatic carbocycles. The Balaban J connectivity index is 2.32. The minimum absolute atomic E-state index is 0.00191. The van der Waals surface area contributed by atoms with Crippen LogP contribution in [-0.2, 0) is 15.7 Å². The topological polar surface area (TPSA) is 104 Å². The predicted octanol–water partition coefficient (Wildman–Crippen LogP) is 3.23. The second-order valence-corrected chi connectivity index (χ2v) is 6.28. The zero-order valence-corrected chi connectivity index (χ0v) is 13.6. The number of hydrogen-bond acceptors (Lipinski definition) is 4. The Morgan fingerprint density at radius 1 is 1.28 bits per heavy atom. The SMILES string of the molecule is CC(C)(C)OC(=O)NC(C(=O)O)c1ccc2nc(C(F)(F)F)[nH]c2c1. The molecule has 136 valence electrons. The lowest BCUT2D eigenvalue weighted by molar-refractivity contribution is -0.144. The number of aliphatic carboxylic acids is 1. The van der Waals surface area contributed by atoms with Crippen LogP contribution in [0.1, 0.15) is 38.2 Å². The molecule has 0 fully saturated rings. The number of rotatable bonds is 3. The number of carbonyl (C=O) groups excluding carboxylic acids is 1. The van der Waals surface area contributed by atoms with Crippen molar-refractivity contribution in [2.75, 3.05) is 0 Å². The fourth-order valence-electron chi connectivity index (χ4n) is 2.05. The largest absolute Gasteiger partial charge is 0.479 e. The van der Waals surface area contributed by atoms with Gasteiger partial charge in [-0.25, -0.2) is 14.6 Å². The number of halogens is 3. The maximum atomic E-state index is 12.7. The van der Waals surface area contributed by atoms with E-state index in [9.17, 15) is 27.9 Å². The molecule has 0 bridgehead atoms. The van der Waals surface area contributed by atoms with E-state index in [1.807, 2.05) is 0 Å². The number of aromatic nitrogens is 2. The van der Waals surface area contributed by atoms with Crippen molar-refractivity contribution in [3.63, 3.8) is 0 Å².